The van der Waals surface area contributed by atoms with Gasteiger partial charge in [-0.3, -0.25) is 4.79 Å². The molecule has 0 heterocycles. The average Bonchev–Trinajstić information content (AvgIpc) is 2.86. The Balaban J connectivity index is 2.44. The van der Waals surface area contributed by atoms with Crippen LogP contribution in [0.1, 0.15) is 32.6 Å². The van der Waals surface area contributed by atoms with Gasteiger partial charge in [-0.1, -0.05) is 12.8 Å². The molecule has 0 bridgehead atoms. The number of carbonyl (C=O) groups is 1. The van der Waals surface area contributed by atoms with Crippen molar-refractivity contribution in [1.82, 2.24) is 4.90 Å². The zero-order chi connectivity index (χ0) is 9.84. The fraction of sp³-hybridized carbons (Fsp3) is 0.800. The number of nitriles is 1. The fourth-order valence-corrected chi connectivity index (χ4v) is 1.48. The van der Waals surface area contributed by atoms with Gasteiger partial charge in [-0.25, -0.2) is 0 Å². The molecular weight excluding hydrogens is 164 g/mol. The maximum absolute atomic E-state index is 11.1. The lowest BCUT2D eigenvalue weighted by molar-refractivity contribution is -0.129. The van der Waals surface area contributed by atoms with E-state index in [9.17, 15) is 4.79 Å². The van der Waals surface area contributed by atoms with Crippen LogP contribution < -0.4 is 0 Å². The number of amides is 1. The van der Waals surface area contributed by atoms with E-state index in [1.807, 2.05) is 0 Å². The van der Waals surface area contributed by atoms with Crippen molar-refractivity contribution >= 4 is 5.91 Å². The SMILES string of the molecule is CC(=O)N(C)C(CC#N)CC1CC1. The summed E-state index contributed by atoms with van der Waals surface area (Å²) in [5.41, 5.74) is 0. The molecule has 1 saturated carbocycles. The summed E-state index contributed by atoms with van der Waals surface area (Å²) in [5, 5.41) is 8.61. The van der Waals surface area contributed by atoms with Gasteiger partial charge in [-0.2, -0.15) is 5.26 Å². The van der Waals surface area contributed by atoms with Gasteiger partial charge in [0.2, 0.25) is 5.91 Å². The molecule has 3 heteroatoms. The molecule has 1 amide bonds. The normalized spacial score (nSPS) is 17.6. The molecule has 0 N–H and O–H groups in total. The summed E-state index contributed by atoms with van der Waals surface area (Å²) in [6, 6.07) is 2.28. The predicted octanol–water partition coefficient (Wildman–Crippen LogP) is 1.55. The van der Waals surface area contributed by atoms with Gasteiger partial charge in [0.1, 0.15) is 0 Å². The smallest absolute Gasteiger partial charge is 0.219 e. The number of hydrogen-bond acceptors (Lipinski definition) is 2. The van der Waals surface area contributed by atoms with Crippen LogP contribution in [0.5, 0.6) is 0 Å². The molecule has 72 valence electrons. The van der Waals surface area contributed by atoms with Crippen LogP contribution in [-0.4, -0.2) is 23.9 Å². The van der Waals surface area contributed by atoms with Crippen LogP contribution in [0.2, 0.25) is 0 Å². The largest absolute Gasteiger partial charge is 0.342 e. The summed E-state index contributed by atoms with van der Waals surface area (Å²) < 4.78 is 0. The van der Waals surface area contributed by atoms with E-state index in [-0.39, 0.29) is 11.9 Å². The van der Waals surface area contributed by atoms with Gasteiger partial charge in [0, 0.05) is 20.0 Å². The summed E-state index contributed by atoms with van der Waals surface area (Å²) in [6.45, 7) is 1.55. The van der Waals surface area contributed by atoms with Crippen molar-refractivity contribution in [1.29, 1.82) is 5.26 Å². The van der Waals surface area contributed by atoms with E-state index >= 15 is 0 Å². The Labute approximate surface area is 79.3 Å². The number of carbonyl (C=O) groups excluding carboxylic acids is 1. The topological polar surface area (TPSA) is 44.1 Å². The molecule has 3 nitrogen and oxygen atoms in total. The van der Waals surface area contributed by atoms with Gasteiger partial charge in [0.05, 0.1) is 12.5 Å². The van der Waals surface area contributed by atoms with Gasteiger partial charge in [0.25, 0.3) is 0 Å². The molecule has 13 heavy (non-hydrogen) atoms. The Morgan fingerprint density at radius 3 is 2.69 bits per heavy atom. The lowest BCUT2D eigenvalue weighted by Gasteiger charge is -2.25. The van der Waals surface area contributed by atoms with Crippen molar-refractivity contribution in [3.63, 3.8) is 0 Å². The highest BCUT2D eigenvalue weighted by atomic mass is 16.2. The van der Waals surface area contributed by atoms with Crippen molar-refractivity contribution < 1.29 is 4.79 Å². The molecule has 1 aliphatic carbocycles. The molecule has 1 rings (SSSR count). The number of nitrogens with zero attached hydrogens (tertiary/aromatic N) is 2. The molecule has 0 saturated heterocycles. The lowest BCUT2D eigenvalue weighted by atomic mass is 10.1. The minimum Gasteiger partial charge on any atom is -0.342 e. The second kappa shape index (κ2) is 4.27. The second-order valence-corrected chi connectivity index (χ2v) is 3.83. The summed E-state index contributed by atoms with van der Waals surface area (Å²) >= 11 is 0. The van der Waals surface area contributed by atoms with E-state index in [1.165, 1.54) is 12.8 Å². The second-order valence-electron chi connectivity index (χ2n) is 3.83. The maximum Gasteiger partial charge on any atom is 0.219 e. The molecular formula is C10H16N2O. The van der Waals surface area contributed by atoms with E-state index in [4.69, 9.17) is 5.26 Å². The van der Waals surface area contributed by atoms with Crippen molar-refractivity contribution in [2.45, 2.75) is 38.6 Å². The summed E-state index contributed by atoms with van der Waals surface area (Å²) in [5.74, 6) is 0.820. The third-order valence-electron chi connectivity index (χ3n) is 2.67. The molecule has 0 aromatic carbocycles. The van der Waals surface area contributed by atoms with Crippen LogP contribution >= 0.6 is 0 Å². The molecule has 0 aromatic heterocycles. The summed E-state index contributed by atoms with van der Waals surface area (Å²) in [6.07, 6.45) is 4.01. The van der Waals surface area contributed by atoms with Crippen molar-refractivity contribution in [3.05, 3.63) is 0 Å². The monoisotopic (exact) mass is 180 g/mol. The molecule has 1 atom stereocenters. The minimum atomic E-state index is 0.0564. The summed E-state index contributed by atoms with van der Waals surface area (Å²) in [4.78, 5) is 12.8. The minimum absolute atomic E-state index is 0.0564. The third kappa shape index (κ3) is 3.06. The van der Waals surface area contributed by atoms with E-state index in [2.05, 4.69) is 6.07 Å². The van der Waals surface area contributed by atoms with Crippen LogP contribution in [0.3, 0.4) is 0 Å². The highest BCUT2D eigenvalue weighted by Crippen LogP contribution is 2.35. The van der Waals surface area contributed by atoms with Gasteiger partial charge in [-0.05, 0) is 12.3 Å². The van der Waals surface area contributed by atoms with Gasteiger partial charge in [-0.15, -0.1) is 0 Å². The van der Waals surface area contributed by atoms with Gasteiger partial charge < -0.3 is 4.90 Å². The van der Waals surface area contributed by atoms with Crippen LogP contribution in [0.4, 0.5) is 0 Å². The highest BCUT2D eigenvalue weighted by Gasteiger charge is 2.28. The Morgan fingerprint density at radius 1 is 1.69 bits per heavy atom. The Hall–Kier alpha value is -1.04. The van der Waals surface area contributed by atoms with E-state index < -0.39 is 0 Å². The Kier molecular flexibility index (Phi) is 3.30. The summed E-state index contributed by atoms with van der Waals surface area (Å²) in [7, 11) is 1.78. The van der Waals surface area contributed by atoms with Crippen molar-refractivity contribution in [3.8, 4) is 6.07 Å². The van der Waals surface area contributed by atoms with Crippen LogP contribution in [0.25, 0.3) is 0 Å². The number of rotatable bonds is 4. The first-order valence-electron chi connectivity index (χ1n) is 4.75. The Bertz CT molecular complexity index is 228. The molecule has 0 spiro atoms. The van der Waals surface area contributed by atoms with Gasteiger partial charge >= 0.3 is 0 Å². The Morgan fingerprint density at radius 2 is 2.31 bits per heavy atom. The first-order valence-corrected chi connectivity index (χ1v) is 4.75. The molecule has 1 fully saturated rings. The predicted molar refractivity (Wildman–Crippen MR) is 49.8 cm³/mol. The van der Waals surface area contributed by atoms with Crippen LogP contribution in [0.15, 0.2) is 0 Å². The molecule has 1 aliphatic rings. The van der Waals surface area contributed by atoms with E-state index in [1.54, 1.807) is 18.9 Å². The van der Waals surface area contributed by atoms with Crippen LogP contribution in [0, 0.1) is 17.2 Å². The lowest BCUT2D eigenvalue weighted by Crippen LogP contribution is -2.35. The standard InChI is InChI=1S/C10H16N2O/c1-8(13)12(2)10(5-6-11)7-9-3-4-9/h9-10H,3-5,7H2,1-2H3. The molecule has 1 unspecified atom stereocenters. The maximum atomic E-state index is 11.1. The van der Waals surface area contributed by atoms with E-state index in [0.717, 1.165) is 12.3 Å². The zero-order valence-electron chi connectivity index (χ0n) is 8.29. The number of hydrogen-bond donors (Lipinski definition) is 0. The molecule has 0 aliphatic heterocycles. The zero-order valence-corrected chi connectivity index (χ0v) is 8.29. The molecule has 0 radical (unpaired) electrons. The average molecular weight is 180 g/mol. The first kappa shape index (κ1) is 10.0. The highest BCUT2D eigenvalue weighted by molar-refractivity contribution is 5.73. The van der Waals surface area contributed by atoms with Gasteiger partial charge in [0.15, 0.2) is 0 Å². The van der Waals surface area contributed by atoms with Crippen molar-refractivity contribution in [2.24, 2.45) is 5.92 Å². The third-order valence-corrected chi connectivity index (χ3v) is 2.67. The molecule has 0 aromatic rings. The first-order chi connectivity index (χ1) is 6.15. The van der Waals surface area contributed by atoms with E-state index in [0.29, 0.717) is 6.42 Å². The van der Waals surface area contributed by atoms with Crippen LogP contribution in [-0.2, 0) is 4.79 Å². The quantitative estimate of drug-likeness (QED) is 0.658. The fourth-order valence-electron chi connectivity index (χ4n) is 1.48. The van der Waals surface area contributed by atoms with Crippen molar-refractivity contribution in [2.75, 3.05) is 7.05 Å².